The molecule has 33 heavy (non-hydrogen) atoms. The number of benzene rings is 1. The second-order valence-electron chi connectivity index (χ2n) is 8.47. The molecule has 0 bridgehead atoms. The number of halogens is 1. The molecule has 5 rings (SSSR count). The zero-order chi connectivity index (χ0) is 22.9. The second-order valence-corrected chi connectivity index (χ2v) is 9.39. The van der Waals surface area contributed by atoms with E-state index in [2.05, 4.69) is 38.4 Å². The Bertz CT molecular complexity index is 1180. The molecule has 1 amide bonds. The zero-order valence-corrected chi connectivity index (χ0v) is 20.4. The number of anilines is 2. The van der Waals surface area contributed by atoms with Gasteiger partial charge in [0.2, 0.25) is 11.9 Å². The van der Waals surface area contributed by atoms with Gasteiger partial charge in [0.05, 0.1) is 24.2 Å². The number of carbonyl (C=O) groups is 1. The molecule has 0 spiro atoms. The van der Waals surface area contributed by atoms with Crippen LogP contribution in [0, 0.1) is 0 Å². The third kappa shape index (κ3) is 4.22. The minimum atomic E-state index is -0.523. The molecule has 2 aliphatic rings. The van der Waals surface area contributed by atoms with Gasteiger partial charge in [-0.2, -0.15) is 10.1 Å². The number of nitrogens with zero attached hydrogens (tertiary/aromatic N) is 5. The molecular formula is C23H28BrN7O2. The third-order valence-electron chi connectivity index (χ3n) is 6.40. The number of methoxy groups -OCH3 is 1. The first-order valence-corrected chi connectivity index (χ1v) is 12.2. The van der Waals surface area contributed by atoms with E-state index in [0.29, 0.717) is 36.5 Å². The van der Waals surface area contributed by atoms with E-state index < -0.39 is 5.92 Å². The highest BCUT2D eigenvalue weighted by Crippen LogP contribution is 2.40. The first-order chi connectivity index (χ1) is 16.1. The van der Waals surface area contributed by atoms with Crippen LogP contribution < -0.4 is 15.5 Å². The summed E-state index contributed by atoms with van der Waals surface area (Å²) in [7, 11) is 1.67. The zero-order valence-electron chi connectivity index (χ0n) is 18.8. The Balaban J connectivity index is 1.65. The van der Waals surface area contributed by atoms with Crippen molar-refractivity contribution in [2.75, 3.05) is 43.6 Å². The van der Waals surface area contributed by atoms with Gasteiger partial charge >= 0.3 is 0 Å². The van der Waals surface area contributed by atoms with Gasteiger partial charge < -0.3 is 20.3 Å². The highest BCUT2D eigenvalue weighted by atomic mass is 79.9. The molecule has 10 heteroatoms. The van der Waals surface area contributed by atoms with Gasteiger partial charge in [-0.25, -0.2) is 4.98 Å². The van der Waals surface area contributed by atoms with Crippen molar-refractivity contribution in [1.29, 1.82) is 0 Å². The Hall–Kier alpha value is -2.56. The van der Waals surface area contributed by atoms with E-state index in [9.17, 15) is 4.79 Å². The van der Waals surface area contributed by atoms with Crippen molar-refractivity contribution >= 4 is 44.5 Å². The summed E-state index contributed by atoms with van der Waals surface area (Å²) in [6.07, 6.45) is 4.13. The van der Waals surface area contributed by atoms with E-state index in [1.165, 1.54) is 0 Å². The predicted octanol–water partition coefficient (Wildman–Crippen LogP) is 2.90. The number of aromatic nitrogens is 4. The van der Waals surface area contributed by atoms with Gasteiger partial charge in [-0.05, 0) is 50.1 Å². The Morgan fingerprint density at radius 3 is 2.97 bits per heavy atom. The second kappa shape index (κ2) is 9.36. The number of hydrogen-bond acceptors (Lipinski definition) is 7. The van der Waals surface area contributed by atoms with Crippen LogP contribution in [0.4, 0.5) is 11.6 Å². The number of carbonyl (C=O) groups excluding carboxylic acids is 1. The van der Waals surface area contributed by atoms with Crippen molar-refractivity contribution in [3.63, 3.8) is 0 Å². The summed E-state index contributed by atoms with van der Waals surface area (Å²) in [5.74, 6) is 0.0213. The normalized spacial score (nSPS) is 20.2. The SMILES string of the molecule is CCN(c1nc(C2C(=O)Nc3ccc(Br)cc32)c2cn(CCOC)nc2n1)C1CCCNC1. The standard InChI is InChI=1S/C23H28BrN7O2/c1-3-31(15-5-4-8-25-12-15)23-27-20(17-13-30(9-10-33-2)29-21(17)28-23)19-16-11-14(24)6-7-18(16)26-22(19)32/h6-7,11,13,15,19,25H,3-5,8-10,12H2,1-2H3,(H,26,32). The van der Waals surface area contributed by atoms with E-state index in [1.807, 2.05) is 29.1 Å². The fraction of sp³-hybridized carbons (Fsp3) is 0.478. The maximum absolute atomic E-state index is 13.2. The number of piperidine rings is 1. The molecule has 4 heterocycles. The molecule has 3 aromatic rings. The van der Waals surface area contributed by atoms with Crippen LogP contribution in [0.2, 0.25) is 0 Å². The Morgan fingerprint density at radius 2 is 2.21 bits per heavy atom. The molecule has 1 fully saturated rings. The van der Waals surface area contributed by atoms with Gasteiger partial charge in [-0.15, -0.1) is 0 Å². The summed E-state index contributed by atoms with van der Waals surface area (Å²) in [6.45, 7) is 5.97. The molecule has 174 valence electrons. The predicted molar refractivity (Wildman–Crippen MR) is 131 cm³/mol. The molecule has 2 atom stereocenters. The molecule has 0 saturated carbocycles. The monoisotopic (exact) mass is 513 g/mol. The average Bonchev–Trinajstić information content (AvgIpc) is 3.38. The number of ether oxygens (including phenoxy) is 1. The summed E-state index contributed by atoms with van der Waals surface area (Å²) in [6, 6.07) is 6.15. The van der Waals surface area contributed by atoms with Crippen molar-refractivity contribution < 1.29 is 9.53 Å². The molecule has 2 N–H and O–H groups in total. The van der Waals surface area contributed by atoms with Gasteiger partial charge in [-0.3, -0.25) is 9.48 Å². The molecule has 1 saturated heterocycles. The maximum atomic E-state index is 13.2. The lowest BCUT2D eigenvalue weighted by molar-refractivity contribution is -0.116. The third-order valence-corrected chi connectivity index (χ3v) is 6.89. The lowest BCUT2D eigenvalue weighted by atomic mass is 9.95. The molecule has 1 aromatic carbocycles. The quantitative estimate of drug-likeness (QED) is 0.501. The van der Waals surface area contributed by atoms with Crippen LogP contribution in [0.25, 0.3) is 11.0 Å². The van der Waals surface area contributed by atoms with Crippen LogP contribution in [-0.2, 0) is 16.1 Å². The van der Waals surface area contributed by atoms with Gasteiger partial charge in [0.15, 0.2) is 5.65 Å². The molecule has 0 aliphatic carbocycles. The minimum Gasteiger partial charge on any atom is -0.383 e. The van der Waals surface area contributed by atoms with Crippen molar-refractivity contribution in [2.45, 2.75) is 38.3 Å². The highest BCUT2D eigenvalue weighted by molar-refractivity contribution is 9.10. The Labute approximate surface area is 201 Å². The van der Waals surface area contributed by atoms with Gasteiger partial charge in [-0.1, -0.05) is 15.9 Å². The van der Waals surface area contributed by atoms with Crippen LogP contribution >= 0.6 is 15.9 Å². The van der Waals surface area contributed by atoms with Crippen LogP contribution in [0.15, 0.2) is 28.9 Å². The van der Waals surface area contributed by atoms with E-state index >= 15 is 0 Å². The molecule has 2 aromatic heterocycles. The van der Waals surface area contributed by atoms with Gasteiger partial charge in [0.1, 0.15) is 5.92 Å². The summed E-state index contributed by atoms with van der Waals surface area (Å²) in [5, 5.41) is 12.0. The summed E-state index contributed by atoms with van der Waals surface area (Å²) >= 11 is 3.55. The van der Waals surface area contributed by atoms with Gasteiger partial charge in [0, 0.05) is 42.6 Å². The Morgan fingerprint density at radius 1 is 1.33 bits per heavy atom. The number of rotatable bonds is 7. The van der Waals surface area contributed by atoms with Gasteiger partial charge in [0.25, 0.3) is 0 Å². The molecule has 9 nitrogen and oxygen atoms in total. The van der Waals surface area contributed by atoms with Crippen LogP contribution in [0.3, 0.4) is 0 Å². The first-order valence-electron chi connectivity index (χ1n) is 11.4. The molecule has 2 aliphatic heterocycles. The minimum absolute atomic E-state index is 0.0823. The lowest BCUT2D eigenvalue weighted by Crippen LogP contribution is -2.46. The van der Waals surface area contributed by atoms with Crippen molar-refractivity contribution in [3.05, 3.63) is 40.1 Å². The van der Waals surface area contributed by atoms with E-state index in [4.69, 9.17) is 19.8 Å². The smallest absolute Gasteiger partial charge is 0.238 e. The largest absolute Gasteiger partial charge is 0.383 e. The summed E-state index contributed by atoms with van der Waals surface area (Å²) in [4.78, 5) is 25.3. The van der Waals surface area contributed by atoms with E-state index in [-0.39, 0.29) is 5.91 Å². The molecular weight excluding hydrogens is 486 g/mol. The van der Waals surface area contributed by atoms with Crippen molar-refractivity contribution in [1.82, 2.24) is 25.1 Å². The number of hydrogen-bond donors (Lipinski definition) is 2. The van der Waals surface area contributed by atoms with Crippen molar-refractivity contribution in [2.24, 2.45) is 0 Å². The number of fused-ring (bicyclic) bond motifs is 2. The topological polar surface area (TPSA) is 97.2 Å². The number of likely N-dealkylation sites (N-methyl/N-ethyl adjacent to an activating group) is 1. The van der Waals surface area contributed by atoms with Crippen LogP contribution in [0.1, 0.15) is 36.9 Å². The molecule has 2 unspecified atom stereocenters. The first kappa shape index (κ1) is 22.2. The Kier molecular flexibility index (Phi) is 6.31. The summed E-state index contributed by atoms with van der Waals surface area (Å²) < 4.78 is 7.97. The van der Waals surface area contributed by atoms with Crippen LogP contribution in [0.5, 0.6) is 0 Å². The van der Waals surface area contributed by atoms with E-state index in [0.717, 1.165) is 53.6 Å². The summed E-state index contributed by atoms with van der Waals surface area (Å²) in [5.41, 5.74) is 3.02. The average molecular weight is 514 g/mol. The number of nitrogens with one attached hydrogen (secondary N) is 2. The van der Waals surface area contributed by atoms with Crippen molar-refractivity contribution in [3.8, 4) is 0 Å². The lowest BCUT2D eigenvalue weighted by Gasteiger charge is -2.34. The highest BCUT2D eigenvalue weighted by Gasteiger charge is 2.36. The maximum Gasteiger partial charge on any atom is 0.238 e. The fourth-order valence-corrected chi connectivity index (χ4v) is 5.15. The molecule has 0 radical (unpaired) electrons. The van der Waals surface area contributed by atoms with E-state index in [1.54, 1.807) is 7.11 Å². The number of amides is 1. The van der Waals surface area contributed by atoms with Crippen LogP contribution in [-0.4, -0.2) is 65.0 Å². The fourth-order valence-electron chi connectivity index (χ4n) is 4.78.